The molecular formula is C20H19N5O5S. The number of ether oxygens (including phenoxy) is 1. The third-order valence-corrected chi connectivity index (χ3v) is 5.25. The fourth-order valence-electron chi connectivity index (χ4n) is 2.57. The fourth-order valence-corrected chi connectivity index (χ4v) is 3.51. The van der Waals surface area contributed by atoms with Crippen LogP contribution in [0.5, 0.6) is 0 Å². The van der Waals surface area contributed by atoms with Crippen molar-refractivity contribution in [3.63, 3.8) is 0 Å². The van der Waals surface area contributed by atoms with Crippen molar-refractivity contribution in [2.45, 2.75) is 18.7 Å². The van der Waals surface area contributed by atoms with Gasteiger partial charge in [-0.25, -0.2) is 27.9 Å². The predicted molar refractivity (Wildman–Crippen MR) is 112 cm³/mol. The van der Waals surface area contributed by atoms with Crippen LogP contribution < -0.4 is 10.0 Å². The molecule has 11 heteroatoms. The Morgan fingerprint density at radius 1 is 0.968 bits per heavy atom. The van der Waals surface area contributed by atoms with Gasteiger partial charge in [-0.2, -0.15) is 0 Å². The van der Waals surface area contributed by atoms with E-state index in [9.17, 15) is 18.0 Å². The van der Waals surface area contributed by atoms with Crippen LogP contribution in [0.3, 0.4) is 0 Å². The van der Waals surface area contributed by atoms with Crippen LogP contribution in [0, 0.1) is 13.8 Å². The molecule has 0 fully saturated rings. The number of aromatic nitrogens is 3. The molecule has 3 aromatic rings. The summed E-state index contributed by atoms with van der Waals surface area (Å²) < 4.78 is 32.3. The Morgan fingerprint density at radius 3 is 2.19 bits per heavy atom. The second-order valence-electron chi connectivity index (χ2n) is 6.46. The van der Waals surface area contributed by atoms with Crippen LogP contribution in [0.4, 0.5) is 11.6 Å². The molecule has 2 heterocycles. The van der Waals surface area contributed by atoms with Crippen LogP contribution in [-0.4, -0.2) is 41.9 Å². The zero-order valence-corrected chi connectivity index (χ0v) is 17.5. The molecule has 0 saturated heterocycles. The number of rotatable bonds is 7. The van der Waals surface area contributed by atoms with Crippen LogP contribution in [0.25, 0.3) is 0 Å². The summed E-state index contributed by atoms with van der Waals surface area (Å²) in [5, 5.41) is 2.52. The standard InChI is InChI=1S/C20H19N5O5S/c1-13-11-14(2)23-20(22-13)25-31(28,29)17-5-3-16(4-6-17)24-18(26)12-30-19(27)15-7-9-21-10-8-15/h3-11H,12H2,1-2H3,(H,24,26)(H,22,23,25). The number of hydrogen-bond donors (Lipinski definition) is 2. The van der Waals surface area contributed by atoms with Crippen molar-refractivity contribution >= 4 is 33.5 Å². The maximum absolute atomic E-state index is 12.5. The van der Waals surface area contributed by atoms with Crippen molar-refractivity contribution in [1.29, 1.82) is 0 Å². The highest BCUT2D eigenvalue weighted by Crippen LogP contribution is 2.17. The second-order valence-corrected chi connectivity index (χ2v) is 8.15. The Hall–Kier alpha value is -3.86. The number of benzene rings is 1. The molecule has 0 aliphatic carbocycles. The molecule has 0 aliphatic heterocycles. The van der Waals surface area contributed by atoms with Crippen LogP contribution >= 0.6 is 0 Å². The number of esters is 1. The van der Waals surface area contributed by atoms with Gasteiger partial charge in [-0.3, -0.25) is 9.78 Å². The molecule has 0 aliphatic rings. The summed E-state index contributed by atoms with van der Waals surface area (Å²) in [7, 11) is -3.91. The average molecular weight is 441 g/mol. The largest absolute Gasteiger partial charge is 0.452 e. The zero-order valence-electron chi connectivity index (χ0n) is 16.7. The van der Waals surface area contributed by atoms with Crippen LogP contribution in [0.15, 0.2) is 59.8 Å². The first kappa shape index (κ1) is 21.8. The van der Waals surface area contributed by atoms with Gasteiger partial charge in [0.15, 0.2) is 6.61 Å². The lowest BCUT2D eigenvalue weighted by molar-refractivity contribution is -0.119. The quantitative estimate of drug-likeness (QED) is 0.531. The van der Waals surface area contributed by atoms with Gasteiger partial charge in [0.05, 0.1) is 10.5 Å². The van der Waals surface area contributed by atoms with Gasteiger partial charge in [0.25, 0.3) is 15.9 Å². The topological polar surface area (TPSA) is 140 Å². The number of nitrogens with one attached hydrogen (secondary N) is 2. The van der Waals surface area contributed by atoms with E-state index in [1.54, 1.807) is 19.9 Å². The summed E-state index contributed by atoms with van der Waals surface area (Å²) >= 11 is 0. The molecule has 160 valence electrons. The van der Waals surface area contributed by atoms with E-state index >= 15 is 0 Å². The van der Waals surface area contributed by atoms with E-state index in [1.165, 1.54) is 48.8 Å². The Morgan fingerprint density at radius 2 is 1.58 bits per heavy atom. The number of carbonyl (C=O) groups excluding carboxylic acids is 2. The van der Waals surface area contributed by atoms with Gasteiger partial charge in [-0.15, -0.1) is 0 Å². The lowest BCUT2D eigenvalue weighted by Gasteiger charge is -2.10. The van der Waals surface area contributed by atoms with E-state index in [0.717, 1.165) is 0 Å². The molecule has 1 aromatic carbocycles. The van der Waals surface area contributed by atoms with Crippen molar-refractivity contribution < 1.29 is 22.7 Å². The van der Waals surface area contributed by atoms with Gasteiger partial charge in [-0.05, 0) is 56.3 Å². The van der Waals surface area contributed by atoms with E-state index in [0.29, 0.717) is 17.1 Å². The van der Waals surface area contributed by atoms with Crippen LogP contribution in [0.2, 0.25) is 0 Å². The van der Waals surface area contributed by atoms with E-state index in [4.69, 9.17) is 4.74 Å². The molecular weight excluding hydrogens is 422 g/mol. The molecule has 0 bridgehead atoms. The van der Waals surface area contributed by atoms with E-state index in [1.807, 2.05) is 0 Å². The average Bonchev–Trinajstić information content (AvgIpc) is 2.72. The Labute approximate surface area is 178 Å². The van der Waals surface area contributed by atoms with E-state index in [2.05, 4.69) is 25.0 Å². The normalized spacial score (nSPS) is 10.9. The predicted octanol–water partition coefficient (Wildman–Crippen LogP) is 2.08. The first-order valence-corrected chi connectivity index (χ1v) is 10.5. The van der Waals surface area contributed by atoms with Crippen molar-refractivity contribution in [3.05, 3.63) is 71.8 Å². The Kier molecular flexibility index (Phi) is 6.55. The first-order chi connectivity index (χ1) is 14.7. The highest BCUT2D eigenvalue weighted by molar-refractivity contribution is 7.92. The van der Waals surface area contributed by atoms with E-state index < -0.39 is 28.5 Å². The highest BCUT2D eigenvalue weighted by Gasteiger charge is 2.17. The van der Waals surface area contributed by atoms with Crippen LogP contribution in [-0.2, 0) is 19.6 Å². The lowest BCUT2D eigenvalue weighted by atomic mass is 10.3. The SMILES string of the molecule is Cc1cc(C)nc(NS(=O)(=O)c2ccc(NC(=O)COC(=O)c3ccncc3)cc2)n1. The maximum Gasteiger partial charge on any atom is 0.338 e. The number of pyridine rings is 1. The number of anilines is 2. The van der Waals surface area contributed by atoms with Crippen molar-refractivity contribution in [1.82, 2.24) is 15.0 Å². The minimum atomic E-state index is -3.91. The number of aryl methyl sites for hydroxylation is 2. The molecule has 10 nitrogen and oxygen atoms in total. The molecule has 0 atom stereocenters. The molecule has 0 radical (unpaired) electrons. The van der Waals surface area contributed by atoms with Crippen molar-refractivity contribution in [3.8, 4) is 0 Å². The molecule has 31 heavy (non-hydrogen) atoms. The summed E-state index contributed by atoms with van der Waals surface area (Å²) in [5.74, 6) is -1.25. The lowest BCUT2D eigenvalue weighted by Crippen LogP contribution is -2.21. The van der Waals surface area contributed by atoms with Crippen LogP contribution in [0.1, 0.15) is 21.7 Å². The van der Waals surface area contributed by atoms with Gasteiger partial charge in [0.1, 0.15) is 0 Å². The molecule has 0 spiro atoms. The smallest absolute Gasteiger partial charge is 0.338 e. The highest BCUT2D eigenvalue weighted by atomic mass is 32.2. The fraction of sp³-hybridized carbons (Fsp3) is 0.150. The maximum atomic E-state index is 12.5. The monoisotopic (exact) mass is 441 g/mol. The number of sulfonamides is 1. The number of amides is 1. The van der Waals surface area contributed by atoms with Gasteiger partial charge in [0.2, 0.25) is 5.95 Å². The van der Waals surface area contributed by atoms with Gasteiger partial charge < -0.3 is 10.1 Å². The molecule has 3 rings (SSSR count). The van der Waals surface area contributed by atoms with E-state index in [-0.39, 0.29) is 16.4 Å². The molecule has 2 aromatic heterocycles. The summed E-state index contributed by atoms with van der Waals surface area (Å²) in [5.41, 5.74) is 1.88. The summed E-state index contributed by atoms with van der Waals surface area (Å²) in [6.07, 6.45) is 2.88. The third kappa shape index (κ3) is 6.06. The van der Waals surface area contributed by atoms with Crippen molar-refractivity contribution in [2.24, 2.45) is 0 Å². The minimum Gasteiger partial charge on any atom is -0.452 e. The minimum absolute atomic E-state index is 0.0223. The first-order valence-electron chi connectivity index (χ1n) is 9.05. The molecule has 0 unspecified atom stereocenters. The summed E-state index contributed by atoms with van der Waals surface area (Å²) in [6.45, 7) is 2.98. The van der Waals surface area contributed by atoms with Gasteiger partial charge in [0, 0.05) is 29.5 Å². The third-order valence-electron chi connectivity index (χ3n) is 3.91. The van der Waals surface area contributed by atoms with Crippen molar-refractivity contribution in [2.75, 3.05) is 16.6 Å². The number of hydrogen-bond acceptors (Lipinski definition) is 8. The van der Waals surface area contributed by atoms with Gasteiger partial charge in [-0.1, -0.05) is 0 Å². The number of carbonyl (C=O) groups is 2. The summed E-state index contributed by atoms with van der Waals surface area (Å²) in [6, 6.07) is 10.1. The number of nitrogens with zero attached hydrogens (tertiary/aromatic N) is 3. The molecule has 0 saturated carbocycles. The Bertz CT molecular complexity index is 1180. The zero-order chi connectivity index (χ0) is 22.4. The Balaban J connectivity index is 1.59. The molecule has 1 amide bonds. The van der Waals surface area contributed by atoms with Gasteiger partial charge >= 0.3 is 5.97 Å². The summed E-state index contributed by atoms with van der Waals surface area (Å²) in [4.78, 5) is 35.7. The molecule has 2 N–H and O–H groups in total. The second kappa shape index (κ2) is 9.30.